The van der Waals surface area contributed by atoms with Gasteiger partial charge in [0.05, 0.1) is 11.8 Å². The summed E-state index contributed by atoms with van der Waals surface area (Å²) in [6.07, 6.45) is 1.23. The second kappa shape index (κ2) is 6.28. The molecule has 0 fully saturated rings. The molecule has 3 N–H and O–H groups in total. The number of anilines is 1. The molecule has 2 rings (SSSR count). The third-order valence-corrected chi connectivity index (χ3v) is 3.53. The highest BCUT2D eigenvalue weighted by Gasteiger charge is 2.15. The normalized spacial score (nSPS) is 12.4. The number of urea groups is 1. The number of halogens is 1. The number of amides is 2. The number of aliphatic hydroxyl groups is 1. The average molecular weight is 340 g/mol. The standard InChI is InChI=1S/C14H18BrN3O2/c1-3-18(8-9(2)19)14(20)17-13-7-16-12-6-10(15)4-5-11(12)13/h4-7,9,16,19H,3,8H2,1-2H3,(H,17,20). The summed E-state index contributed by atoms with van der Waals surface area (Å²) in [7, 11) is 0. The molecule has 6 heteroatoms. The topological polar surface area (TPSA) is 68.4 Å². The lowest BCUT2D eigenvalue weighted by Crippen LogP contribution is -2.39. The Morgan fingerprint density at radius 1 is 1.55 bits per heavy atom. The first-order valence-corrected chi connectivity index (χ1v) is 7.31. The Bertz CT molecular complexity index is 609. The number of H-pyrrole nitrogens is 1. The third kappa shape index (κ3) is 3.32. The summed E-state index contributed by atoms with van der Waals surface area (Å²) in [5, 5.41) is 13.2. The predicted molar refractivity (Wildman–Crippen MR) is 83.9 cm³/mol. The van der Waals surface area contributed by atoms with Crippen LogP contribution in [0.1, 0.15) is 13.8 Å². The van der Waals surface area contributed by atoms with E-state index in [1.807, 2.05) is 25.1 Å². The van der Waals surface area contributed by atoms with Crippen LogP contribution in [-0.2, 0) is 0 Å². The number of hydrogen-bond acceptors (Lipinski definition) is 2. The van der Waals surface area contributed by atoms with Gasteiger partial charge in [0.2, 0.25) is 0 Å². The largest absolute Gasteiger partial charge is 0.392 e. The Labute approximate surface area is 126 Å². The van der Waals surface area contributed by atoms with E-state index >= 15 is 0 Å². The maximum absolute atomic E-state index is 12.2. The average Bonchev–Trinajstić information content (AvgIpc) is 2.77. The van der Waals surface area contributed by atoms with Gasteiger partial charge in [0, 0.05) is 34.7 Å². The Morgan fingerprint density at radius 2 is 2.30 bits per heavy atom. The van der Waals surface area contributed by atoms with Crippen LogP contribution in [0.5, 0.6) is 0 Å². The lowest BCUT2D eigenvalue weighted by molar-refractivity contribution is 0.141. The first kappa shape index (κ1) is 14.9. The van der Waals surface area contributed by atoms with Gasteiger partial charge in [-0.15, -0.1) is 0 Å². The summed E-state index contributed by atoms with van der Waals surface area (Å²) in [5.74, 6) is 0. The number of likely N-dealkylation sites (N-methyl/N-ethyl adjacent to an activating group) is 1. The highest BCUT2D eigenvalue weighted by Crippen LogP contribution is 2.26. The summed E-state index contributed by atoms with van der Waals surface area (Å²) in [6.45, 7) is 4.41. The van der Waals surface area contributed by atoms with Gasteiger partial charge >= 0.3 is 6.03 Å². The number of carbonyl (C=O) groups excluding carboxylic acids is 1. The minimum absolute atomic E-state index is 0.211. The number of nitrogens with one attached hydrogen (secondary N) is 2. The molecule has 0 bridgehead atoms. The summed E-state index contributed by atoms with van der Waals surface area (Å²) in [6, 6.07) is 5.62. The lowest BCUT2D eigenvalue weighted by atomic mass is 10.2. The summed E-state index contributed by atoms with van der Waals surface area (Å²) < 4.78 is 0.981. The van der Waals surface area contributed by atoms with Crippen molar-refractivity contribution in [2.45, 2.75) is 20.0 Å². The molecule has 5 nitrogen and oxygen atoms in total. The second-order valence-corrected chi connectivity index (χ2v) is 5.63. The van der Waals surface area contributed by atoms with Gasteiger partial charge in [-0.25, -0.2) is 4.79 Å². The molecule has 1 heterocycles. The van der Waals surface area contributed by atoms with Gasteiger partial charge in [-0.05, 0) is 32.0 Å². The van der Waals surface area contributed by atoms with E-state index in [9.17, 15) is 9.90 Å². The molecule has 1 aromatic heterocycles. The zero-order valence-electron chi connectivity index (χ0n) is 11.5. The van der Waals surface area contributed by atoms with Crippen molar-refractivity contribution in [1.29, 1.82) is 0 Å². The molecule has 1 atom stereocenters. The van der Waals surface area contributed by atoms with E-state index in [-0.39, 0.29) is 6.03 Å². The van der Waals surface area contributed by atoms with Crippen molar-refractivity contribution in [2.75, 3.05) is 18.4 Å². The smallest absolute Gasteiger partial charge is 0.321 e. The SMILES string of the molecule is CCN(CC(C)O)C(=O)Nc1c[nH]c2cc(Br)ccc12. The van der Waals surface area contributed by atoms with Gasteiger partial charge in [0.25, 0.3) is 0 Å². The van der Waals surface area contributed by atoms with Gasteiger partial charge in [0.1, 0.15) is 0 Å². The second-order valence-electron chi connectivity index (χ2n) is 4.71. The number of fused-ring (bicyclic) bond motifs is 1. The number of benzene rings is 1. The van der Waals surface area contributed by atoms with Gasteiger partial charge in [-0.3, -0.25) is 0 Å². The number of aromatic nitrogens is 1. The molecule has 0 saturated heterocycles. The zero-order valence-corrected chi connectivity index (χ0v) is 13.1. The van der Waals surface area contributed by atoms with Crippen molar-refractivity contribution in [3.05, 3.63) is 28.9 Å². The summed E-state index contributed by atoms with van der Waals surface area (Å²) >= 11 is 3.41. The third-order valence-electron chi connectivity index (χ3n) is 3.04. The monoisotopic (exact) mass is 339 g/mol. The maximum Gasteiger partial charge on any atom is 0.321 e. The number of rotatable bonds is 4. The van der Waals surface area contributed by atoms with Crippen LogP contribution in [0, 0.1) is 0 Å². The molecule has 2 amide bonds. The molecule has 0 aliphatic rings. The van der Waals surface area contributed by atoms with Crippen molar-refractivity contribution < 1.29 is 9.90 Å². The van der Waals surface area contributed by atoms with E-state index in [1.165, 1.54) is 0 Å². The Balaban J connectivity index is 2.17. The van der Waals surface area contributed by atoms with E-state index < -0.39 is 6.10 Å². The van der Waals surface area contributed by atoms with Gasteiger partial charge in [0.15, 0.2) is 0 Å². The molecule has 0 spiro atoms. The van der Waals surface area contributed by atoms with Gasteiger partial charge in [-0.2, -0.15) is 0 Å². The van der Waals surface area contributed by atoms with E-state index in [0.717, 1.165) is 21.1 Å². The first-order valence-electron chi connectivity index (χ1n) is 6.52. The molecular weight excluding hydrogens is 322 g/mol. The molecule has 0 aliphatic carbocycles. The fourth-order valence-corrected chi connectivity index (χ4v) is 2.43. The quantitative estimate of drug-likeness (QED) is 0.800. The number of aromatic amines is 1. The van der Waals surface area contributed by atoms with Crippen LogP contribution in [-0.4, -0.2) is 40.2 Å². The van der Waals surface area contributed by atoms with Gasteiger partial charge < -0.3 is 20.3 Å². The Kier molecular flexibility index (Phi) is 4.67. The zero-order chi connectivity index (χ0) is 14.7. The van der Waals surface area contributed by atoms with Crippen LogP contribution in [0.15, 0.2) is 28.9 Å². The van der Waals surface area contributed by atoms with Crippen LogP contribution in [0.4, 0.5) is 10.5 Å². The number of aliphatic hydroxyl groups excluding tert-OH is 1. The minimum atomic E-state index is -0.542. The summed E-state index contributed by atoms with van der Waals surface area (Å²) in [5.41, 5.74) is 1.69. The molecular formula is C14H18BrN3O2. The number of carbonyl (C=O) groups is 1. The number of nitrogens with zero attached hydrogens (tertiary/aromatic N) is 1. The fourth-order valence-electron chi connectivity index (χ4n) is 2.07. The van der Waals surface area contributed by atoms with Crippen LogP contribution < -0.4 is 5.32 Å². The fraction of sp³-hybridized carbons (Fsp3) is 0.357. The van der Waals surface area contributed by atoms with Crippen LogP contribution in [0.2, 0.25) is 0 Å². The van der Waals surface area contributed by atoms with E-state index in [0.29, 0.717) is 13.1 Å². The summed E-state index contributed by atoms with van der Waals surface area (Å²) in [4.78, 5) is 16.9. The van der Waals surface area contributed by atoms with Crippen LogP contribution in [0.25, 0.3) is 10.9 Å². The first-order chi connectivity index (χ1) is 9.51. The van der Waals surface area contributed by atoms with E-state index in [1.54, 1.807) is 18.0 Å². The molecule has 108 valence electrons. The van der Waals surface area contributed by atoms with Crippen molar-refractivity contribution in [2.24, 2.45) is 0 Å². The predicted octanol–water partition coefficient (Wildman–Crippen LogP) is 3.17. The molecule has 1 aromatic carbocycles. The molecule has 0 radical (unpaired) electrons. The van der Waals surface area contributed by atoms with Crippen molar-refractivity contribution in [1.82, 2.24) is 9.88 Å². The maximum atomic E-state index is 12.2. The van der Waals surface area contributed by atoms with Crippen LogP contribution >= 0.6 is 15.9 Å². The molecule has 0 aliphatic heterocycles. The Morgan fingerprint density at radius 3 is 2.95 bits per heavy atom. The Hall–Kier alpha value is -1.53. The lowest BCUT2D eigenvalue weighted by Gasteiger charge is -2.22. The van der Waals surface area contributed by atoms with E-state index in [2.05, 4.69) is 26.2 Å². The molecule has 0 saturated carbocycles. The van der Waals surface area contributed by atoms with Crippen LogP contribution in [0.3, 0.4) is 0 Å². The molecule has 1 unspecified atom stereocenters. The highest BCUT2D eigenvalue weighted by atomic mass is 79.9. The van der Waals surface area contributed by atoms with Crippen molar-refractivity contribution >= 4 is 38.6 Å². The molecule has 2 aromatic rings. The van der Waals surface area contributed by atoms with E-state index in [4.69, 9.17) is 0 Å². The van der Waals surface area contributed by atoms with Gasteiger partial charge in [-0.1, -0.05) is 15.9 Å². The molecule has 20 heavy (non-hydrogen) atoms. The minimum Gasteiger partial charge on any atom is -0.392 e. The van der Waals surface area contributed by atoms with Crippen molar-refractivity contribution in [3.8, 4) is 0 Å². The highest BCUT2D eigenvalue weighted by molar-refractivity contribution is 9.10. The number of hydrogen-bond donors (Lipinski definition) is 3. The van der Waals surface area contributed by atoms with Crippen molar-refractivity contribution in [3.63, 3.8) is 0 Å².